The molecule has 9 nitrogen and oxygen atoms in total. The van der Waals surface area contributed by atoms with Crippen LogP contribution < -0.4 is 21.5 Å². The van der Waals surface area contributed by atoms with Crippen molar-refractivity contribution >= 4 is 29.2 Å². The van der Waals surface area contributed by atoms with E-state index in [-0.39, 0.29) is 45.3 Å². The number of rotatable bonds is 7. The average molecular weight is 552 g/mol. The number of nitrogens with zero attached hydrogens (tertiary/aromatic N) is 3. The van der Waals surface area contributed by atoms with Gasteiger partial charge in [-0.05, 0) is 43.3 Å². The molecule has 0 saturated carbocycles. The van der Waals surface area contributed by atoms with Gasteiger partial charge in [-0.1, -0.05) is 29.8 Å². The summed E-state index contributed by atoms with van der Waals surface area (Å²) in [4.78, 5) is 30.2. The van der Waals surface area contributed by atoms with Gasteiger partial charge in [0, 0.05) is 42.9 Å². The fraction of sp³-hybridized carbons (Fsp3) is 0.185. The summed E-state index contributed by atoms with van der Waals surface area (Å²) in [5.74, 6) is -2.32. The quantitative estimate of drug-likeness (QED) is 0.277. The molecule has 0 aliphatic carbocycles. The Morgan fingerprint density at radius 2 is 1.87 bits per heavy atom. The first kappa shape index (κ1) is 26.4. The lowest BCUT2D eigenvalue weighted by molar-refractivity contribution is 0.0941. The van der Waals surface area contributed by atoms with Crippen LogP contribution in [0.15, 0.2) is 66.9 Å². The monoisotopic (exact) mass is 551 g/mol. The van der Waals surface area contributed by atoms with E-state index in [0.29, 0.717) is 18.8 Å². The number of carbonyl (C=O) groups excluding carboxylic acids is 2. The predicted octanol–water partition coefficient (Wildman–Crippen LogP) is 3.96. The van der Waals surface area contributed by atoms with Crippen molar-refractivity contribution in [1.82, 2.24) is 30.9 Å². The smallest absolute Gasteiger partial charge is 0.271 e. The molecule has 4 aromatic rings. The number of aromatic nitrogens is 3. The van der Waals surface area contributed by atoms with Gasteiger partial charge >= 0.3 is 0 Å². The van der Waals surface area contributed by atoms with E-state index >= 15 is 0 Å². The fourth-order valence-corrected chi connectivity index (χ4v) is 4.46. The van der Waals surface area contributed by atoms with Crippen molar-refractivity contribution in [2.24, 2.45) is 5.92 Å². The van der Waals surface area contributed by atoms with Crippen LogP contribution >= 0.6 is 11.6 Å². The minimum absolute atomic E-state index is 0.0853. The number of anilines is 1. The highest BCUT2D eigenvalue weighted by Crippen LogP contribution is 2.30. The summed E-state index contributed by atoms with van der Waals surface area (Å²) < 4.78 is 30.4. The van der Waals surface area contributed by atoms with E-state index in [1.807, 2.05) is 13.0 Å². The third-order valence-electron chi connectivity index (χ3n) is 6.43. The van der Waals surface area contributed by atoms with Gasteiger partial charge in [0.15, 0.2) is 5.69 Å². The largest absolute Gasteiger partial charge is 0.350 e. The number of para-hydroxylation sites is 1. The van der Waals surface area contributed by atoms with Crippen molar-refractivity contribution in [3.8, 4) is 16.9 Å². The summed E-state index contributed by atoms with van der Waals surface area (Å²) in [5.41, 5.74) is 6.25. The molecule has 1 aliphatic rings. The van der Waals surface area contributed by atoms with Crippen molar-refractivity contribution in [2.75, 3.05) is 18.4 Å². The highest BCUT2D eigenvalue weighted by Gasteiger charge is 2.25. The molecule has 2 aromatic carbocycles. The SMILES string of the molecule is CC1NNCC1CNC(=O)c1cc(NC(=O)c2cc(-c3ncccc3F)c(F)cc2Cl)n(-c2ccccc2)n1. The number of hydrazine groups is 1. The Hall–Kier alpha value is -4.19. The normalized spacial score (nSPS) is 16.7. The molecular formula is C27H24ClF2N7O2. The maximum absolute atomic E-state index is 14.7. The molecule has 4 N–H and O–H groups in total. The van der Waals surface area contributed by atoms with Gasteiger partial charge < -0.3 is 10.6 Å². The van der Waals surface area contributed by atoms with Crippen LogP contribution in [0.25, 0.3) is 16.9 Å². The minimum atomic E-state index is -0.829. The summed E-state index contributed by atoms with van der Waals surface area (Å²) in [6.45, 7) is 3.16. The summed E-state index contributed by atoms with van der Waals surface area (Å²) in [6, 6.07) is 15.1. The van der Waals surface area contributed by atoms with Crippen molar-refractivity contribution in [2.45, 2.75) is 13.0 Å². The lowest BCUT2D eigenvalue weighted by Crippen LogP contribution is -2.35. The predicted molar refractivity (Wildman–Crippen MR) is 143 cm³/mol. The first-order valence-corrected chi connectivity index (χ1v) is 12.5. The van der Waals surface area contributed by atoms with Crippen molar-refractivity contribution in [1.29, 1.82) is 0 Å². The molecule has 1 fully saturated rings. The topological polar surface area (TPSA) is 113 Å². The lowest BCUT2D eigenvalue weighted by Gasteiger charge is -2.13. The standard InChI is InChI=1S/C27H24ClF2N7O2/c1-15-16(14-33-35-15)13-32-27(39)23-12-24(37(36-23)17-6-3-2-4-7-17)34-26(38)18-10-19(22(30)11-20(18)28)25-21(29)8-5-9-31-25/h2-12,15-16,33,35H,13-14H2,1H3,(H,32,39)(H,34,38). The van der Waals surface area contributed by atoms with Crippen LogP contribution in [0.1, 0.15) is 27.8 Å². The molecule has 2 amide bonds. The summed E-state index contributed by atoms with van der Waals surface area (Å²) in [7, 11) is 0. The molecule has 1 saturated heterocycles. The van der Waals surface area contributed by atoms with Gasteiger partial charge in [0.05, 0.1) is 16.3 Å². The summed E-state index contributed by atoms with van der Waals surface area (Å²) >= 11 is 6.21. The van der Waals surface area contributed by atoms with Gasteiger partial charge in [0.25, 0.3) is 11.8 Å². The maximum Gasteiger partial charge on any atom is 0.271 e. The van der Waals surface area contributed by atoms with Crippen molar-refractivity contribution < 1.29 is 18.4 Å². The van der Waals surface area contributed by atoms with Gasteiger partial charge in [-0.2, -0.15) is 5.10 Å². The molecule has 0 bridgehead atoms. The third kappa shape index (κ3) is 5.65. The first-order valence-electron chi connectivity index (χ1n) is 12.1. The Bertz CT molecular complexity index is 1530. The molecule has 2 aromatic heterocycles. The van der Waals surface area contributed by atoms with Gasteiger partial charge in [-0.25, -0.2) is 13.5 Å². The van der Waals surface area contributed by atoms with Crippen LogP contribution in [0.4, 0.5) is 14.6 Å². The zero-order valence-corrected chi connectivity index (χ0v) is 21.5. The molecule has 1 aliphatic heterocycles. The van der Waals surface area contributed by atoms with Gasteiger partial charge in [-0.15, -0.1) is 0 Å². The van der Waals surface area contributed by atoms with E-state index in [0.717, 1.165) is 18.2 Å². The van der Waals surface area contributed by atoms with E-state index < -0.39 is 23.4 Å². The summed E-state index contributed by atoms with van der Waals surface area (Å²) in [6.07, 6.45) is 1.32. The first-order chi connectivity index (χ1) is 18.8. The average Bonchev–Trinajstić information content (AvgIpc) is 3.54. The Balaban J connectivity index is 1.44. The zero-order chi connectivity index (χ0) is 27.5. The molecule has 12 heteroatoms. The molecule has 2 unspecified atom stereocenters. The fourth-order valence-electron chi connectivity index (χ4n) is 4.23. The molecule has 0 radical (unpaired) electrons. The van der Waals surface area contributed by atoms with E-state index in [1.54, 1.807) is 24.3 Å². The number of amides is 2. The van der Waals surface area contributed by atoms with Gasteiger partial charge in [0.1, 0.15) is 23.1 Å². The Morgan fingerprint density at radius 3 is 2.59 bits per heavy atom. The van der Waals surface area contributed by atoms with E-state index in [4.69, 9.17) is 11.6 Å². The molecule has 39 heavy (non-hydrogen) atoms. The van der Waals surface area contributed by atoms with Crippen molar-refractivity contribution in [3.05, 3.63) is 94.8 Å². The number of carbonyl (C=O) groups is 2. The molecule has 200 valence electrons. The van der Waals surface area contributed by atoms with Crippen LogP contribution in [-0.4, -0.2) is 45.7 Å². The van der Waals surface area contributed by atoms with Gasteiger partial charge in [0.2, 0.25) is 0 Å². The van der Waals surface area contributed by atoms with Crippen LogP contribution in [0.2, 0.25) is 5.02 Å². The van der Waals surface area contributed by atoms with E-state index in [9.17, 15) is 18.4 Å². The third-order valence-corrected chi connectivity index (χ3v) is 6.74. The van der Waals surface area contributed by atoms with Gasteiger partial charge in [-0.3, -0.25) is 25.4 Å². The Morgan fingerprint density at radius 1 is 1.08 bits per heavy atom. The zero-order valence-electron chi connectivity index (χ0n) is 20.7. The maximum atomic E-state index is 14.7. The number of hydrogen-bond donors (Lipinski definition) is 4. The van der Waals surface area contributed by atoms with E-state index in [1.165, 1.54) is 23.0 Å². The summed E-state index contributed by atoms with van der Waals surface area (Å²) in [5, 5.41) is 9.81. The number of benzene rings is 2. The second-order valence-corrected chi connectivity index (χ2v) is 9.45. The van der Waals surface area contributed by atoms with Crippen LogP contribution in [0, 0.1) is 17.6 Å². The van der Waals surface area contributed by atoms with Crippen LogP contribution in [0.3, 0.4) is 0 Å². The Kier molecular flexibility index (Phi) is 7.64. The molecular weight excluding hydrogens is 528 g/mol. The molecule has 2 atom stereocenters. The number of halogens is 3. The minimum Gasteiger partial charge on any atom is -0.350 e. The second-order valence-electron chi connectivity index (χ2n) is 9.05. The van der Waals surface area contributed by atoms with Crippen LogP contribution in [0.5, 0.6) is 0 Å². The molecule has 3 heterocycles. The molecule has 0 spiro atoms. The Labute approximate surface area is 227 Å². The van der Waals surface area contributed by atoms with E-state index in [2.05, 4.69) is 31.6 Å². The van der Waals surface area contributed by atoms with Crippen molar-refractivity contribution in [3.63, 3.8) is 0 Å². The lowest BCUT2D eigenvalue weighted by atomic mass is 10.0. The second kappa shape index (κ2) is 11.3. The molecule has 5 rings (SSSR count). The number of hydrogen-bond acceptors (Lipinski definition) is 6. The number of nitrogens with one attached hydrogen (secondary N) is 4. The number of pyridine rings is 1. The highest BCUT2D eigenvalue weighted by atomic mass is 35.5. The van der Waals surface area contributed by atoms with Crippen LogP contribution in [-0.2, 0) is 0 Å². The highest BCUT2D eigenvalue weighted by molar-refractivity contribution is 6.34.